The Labute approximate surface area is 132 Å². The Morgan fingerprint density at radius 1 is 1.09 bits per heavy atom. The van der Waals surface area contributed by atoms with Crippen molar-refractivity contribution in [3.8, 4) is 23.0 Å². The topological polar surface area (TPSA) is 95.6 Å². The fourth-order valence-electron chi connectivity index (χ4n) is 2.04. The van der Waals surface area contributed by atoms with Crippen molar-refractivity contribution >= 4 is 5.91 Å². The van der Waals surface area contributed by atoms with Crippen LogP contribution in [0.4, 0.5) is 0 Å². The molecule has 0 bridgehead atoms. The van der Waals surface area contributed by atoms with Gasteiger partial charge in [0.25, 0.3) is 5.91 Å². The van der Waals surface area contributed by atoms with Crippen LogP contribution in [0.1, 0.15) is 16.1 Å². The Morgan fingerprint density at radius 3 is 2.61 bits per heavy atom. The van der Waals surface area contributed by atoms with Crippen molar-refractivity contribution in [1.82, 2.24) is 10.3 Å². The van der Waals surface area contributed by atoms with Gasteiger partial charge in [-0.25, -0.2) is 4.98 Å². The first-order chi connectivity index (χ1) is 11.1. The van der Waals surface area contributed by atoms with Crippen molar-refractivity contribution in [2.45, 2.75) is 6.54 Å². The minimum atomic E-state index is -0.367. The molecule has 0 fully saturated rings. The second-order valence-electron chi connectivity index (χ2n) is 4.94. The van der Waals surface area contributed by atoms with Gasteiger partial charge in [0.05, 0.1) is 0 Å². The molecule has 0 saturated heterocycles. The molecule has 0 atom stereocenters. The fraction of sp³-hybridized carbons (Fsp3) is 0.0588. The predicted molar refractivity (Wildman–Crippen MR) is 82.9 cm³/mol. The first kappa shape index (κ1) is 14.6. The first-order valence-electron chi connectivity index (χ1n) is 6.93. The third-order valence-electron chi connectivity index (χ3n) is 3.22. The molecule has 1 amide bonds. The summed E-state index contributed by atoms with van der Waals surface area (Å²) in [5.41, 5.74) is 1.59. The molecule has 2 aromatic carbocycles. The zero-order valence-corrected chi connectivity index (χ0v) is 12.1. The average molecular weight is 310 g/mol. The number of nitrogens with one attached hydrogen (secondary N) is 1. The number of aromatic nitrogens is 1. The number of benzene rings is 2. The summed E-state index contributed by atoms with van der Waals surface area (Å²) in [7, 11) is 0. The number of hydrogen-bond donors (Lipinski definition) is 3. The number of phenolic OH excluding ortho intramolecular Hbond substituents is 2. The number of carbonyl (C=O) groups is 1. The number of amides is 1. The second kappa shape index (κ2) is 6.23. The van der Waals surface area contributed by atoms with Gasteiger partial charge in [-0.05, 0) is 35.9 Å². The lowest BCUT2D eigenvalue weighted by Crippen LogP contribution is -2.23. The number of carbonyl (C=O) groups excluding carboxylic acids is 1. The number of rotatable bonds is 4. The number of hydrogen-bond acceptors (Lipinski definition) is 5. The Kier molecular flexibility index (Phi) is 3.97. The largest absolute Gasteiger partial charge is 0.508 e. The third kappa shape index (κ3) is 3.49. The van der Waals surface area contributed by atoms with E-state index in [-0.39, 0.29) is 29.0 Å². The SMILES string of the molecule is O=C(NCc1ccc(O)cc1)c1coc(-c2cccc(O)c2)n1. The van der Waals surface area contributed by atoms with E-state index in [9.17, 15) is 15.0 Å². The van der Waals surface area contributed by atoms with Gasteiger partial charge in [-0.15, -0.1) is 0 Å². The molecule has 6 heteroatoms. The fourth-order valence-corrected chi connectivity index (χ4v) is 2.04. The van der Waals surface area contributed by atoms with Crippen LogP contribution in [-0.4, -0.2) is 21.1 Å². The zero-order chi connectivity index (χ0) is 16.2. The lowest BCUT2D eigenvalue weighted by Gasteiger charge is -2.03. The van der Waals surface area contributed by atoms with Crippen LogP contribution in [0.25, 0.3) is 11.5 Å². The molecule has 0 saturated carbocycles. The van der Waals surface area contributed by atoms with Gasteiger partial charge in [0.1, 0.15) is 17.8 Å². The molecule has 0 spiro atoms. The highest BCUT2D eigenvalue weighted by Gasteiger charge is 2.13. The highest BCUT2D eigenvalue weighted by molar-refractivity contribution is 5.92. The predicted octanol–water partition coefficient (Wildman–Crippen LogP) is 2.68. The Morgan fingerprint density at radius 2 is 1.87 bits per heavy atom. The van der Waals surface area contributed by atoms with E-state index < -0.39 is 0 Å². The molecule has 116 valence electrons. The second-order valence-corrected chi connectivity index (χ2v) is 4.94. The van der Waals surface area contributed by atoms with Crippen LogP contribution < -0.4 is 5.32 Å². The molecule has 3 N–H and O–H groups in total. The van der Waals surface area contributed by atoms with E-state index in [2.05, 4.69) is 10.3 Å². The summed E-state index contributed by atoms with van der Waals surface area (Å²) in [6, 6.07) is 13.0. The number of phenols is 2. The molecule has 3 aromatic rings. The quantitative estimate of drug-likeness (QED) is 0.688. The van der Waals surface area contributed by atoms with Crippen molar-refractivity contribution in [1.29, 1.82) is 0 Å². The summed E-state index contributed by atoms with van der Waals surface area (Å²) in [5, 5.41) is 21.4. The molecule has 6 nitrogen and oxygen atoms in total. The van der Waals surface area contributed by atoms with Crippen molar-refractivity contribution in [2.75, 3.05) is 0 Å². The summed E-state index contributed by atoms with van der Waals surface area (Å²) in [4.78, 5) is 16.2. The maximum atomic E-state index is 12.1. The molecule has 3 rings (SSSR count). The van der Waals surface area contributed by atoms with Crippen LogP contribution in [0.5, 0.6) is 11.5 Å². The molecule has 0 aliphatic carbocycles. The van der Waals surface area contributed by atoms with Crippen molar-refractivity contribution < 1.29 is 19.4 Å². The van der Waals surface area contributed by atoms with Gasteiger partial charge < -0.3 is 19.9 Å². The molecular weight excluding hydrogens is 296 g/mol. The van der Waals surface area contributed by atoms with Gasteiger partial charge in [0, 0.05) is 12.1 Å². The highest BCUT2D eigenvalue weighted by Crippen LogP contribution is 2.22. The molecule has 1 aromatic heterocycles. The van der Waals surface area contributed by atoms with Crippen LogP contribution in [0.2, 0.25) is 0 Å². The van der Waals surface area contributed by atoms with Crippen LogP contribution in [0, 0.1) is 0 Å². The third-order valence-corrected chi connectivity index (χ3v) is 3.22. The minimum absolute atomic E-state index is 0.0963. The summed E-state index contributed by atoms with van der Waals surface area (Å²) in [5.74, 6) is 0.162. The number of oxazole rings is 1. The lowest BCUT2D eigenvalue weighted by atomic mass is 10.2. The molecule has 1 heterocycles. The van der Waals surface area contributed by atoms with E-state index >= 15 is 0 Å². The molecule has 0 radical (unpaired) electrons. The smallest absolute Gasteiger partial charge is 0.273 e. The molecule has 0 unspecified atom stereocenters. The van der Waals surface area contributed by atoms with Crippen molar-refractivity contribution in [2.24, 2.45) is 0 Å². The summed E-state index contributed by atoms with van der Waals surface area (Å²) >= 11 is 0. The molecule has 0 aliphatic rings. The Bertz CT molecular complexity index is 825. The van der Waals surface area contributed by atoms with E-state index in [0.29, 0.717) is 12.1 Å². The Hall–Kier alpha value is -3.28. The zero-order valence-electron chi connectivity index (χ0n) is 12.1. The van der Waals surface area contributed by atoms with Crippen LogP contribution in [-0.2, 0) is 6.54 Å². The van der Waals surface area contributed by atoms with E-state index in [4.69, 9.17) is 4.42 Å². The van der Waals surface area contributed by atoms with Crippen LogP contribution >= 0.6 is 0 Å². The van der Waals surface area contributed by atoms with Gasteiger partial charge >= 0.3 is 0 Å². The maximum Gasteiger partial charge on any atom is 0.273 e. The van der Waals surface area contributed by atoms with Crippen LogP contribution in [0.15, 0.2) is 59.2 Å². The standard InChI is InChI=1S/C17H14N2O4/c20-13-6-4-11(5-7-13)9-18-16(22)15-10-23-17(19-15)12-2-1-3-14(21)8-12/h1-8,10,20-21H,9H2,(H,18,22). The molecular formula is C17H14N2O4. The van der Waals surface area contributed by atoms with E-state index in [1.54, 1.807) is 36.4 Å². The molecule has 0 aliphatic heterocycles. The van der Waals surface area contributed by atoms with Gasteiger partial charge in [-0.2, -0.15) is 0 Å². The molecule has 23 heavy (non-hydrogen) atoms. The van der Waals surface area contributed by atoms with Gasteiger partial charge in [0.15, 0.2) is 5.69 Å². The Balaban J connectivity index is 1.67. The maximum absolute atomic E-state index is 12.1. The van der Waals surface area contributed by atoms with Gasteiger partial charge in [0.2, 0.25) is 5.89 Å². The van der Waals surface area contributed by atoms with Crippen molar-refractivity contribution in [3.05, 3.63) is 66.1 Å². The summed E-state index contributed by atoms with van der Waals surface area (Å²) in [6.07, 6.45) is 1.27. The van der Waals surface area contributed by atoms with Crippen LogP contribution in [0.3, 0.4) is 0 Å². The lowest BCUT2D eigenvalue weighted by molar-refractivity contribution is 0.0946. The van der Waals surface area contributed by atoms with E-state index in [1.165, 1.54) is 18.4 Å². The average Bonchev–Trinajstić information content (AvgIpc) is 3.04. The number of aromatic hydroxyl groups is 2. The summed E-state index contributed by atoms with van der Waals surface area (Å²) < 4.78 is 5.28. The first-order valence-corrected chi connectivity index (χ1v) is 6.93. The normalized spacial score (nSPS) is 10.4. The van der Waals surface area contributed by atoms with E-state index in [0.717, 1.165) is 5.56 Å². The highest BCUT2D eigenvalue weighted by atomic mass is 16.3. The minimum Gasteiger partial charge on any atom is -0.508 e. The van der Waals surface area contributed by atoms with Gasteiger partial charge in [-0.3, -0.25) is 4.79 Å². The van der Waals surface area contributed by atoms with E-state index in [1.807, 2.05) is 0 Å². The number of nitrogens with zero attached hydrogens (tertiary/aromatic N) is 1. The van der Waals surface area contributed by atoms with Gasteiger partial charge in [-0.1, -0.05) is 18.2 Å². The summed E-state index contributed by atoms with van der Waals surface area (Å²) in [6.45, 7) is 0.313. The monoisotopic (exact) mass is 310 g/mol. The van der Waals surface area contributed by atoms with Crippen molar-refractivity contribution in [3.63, 3.8) is 0 Å².